The highest BCUT2D eigenvalue weighted by molar-refractivity contribution is 8.01. The van der Waals surface area contributed by atoms with E-state index >= 15 is 0 Å². The molecule has 13 nitrogen and oxygen atoms in total. The summed E-state index contributed by atoms with van der Waals surface area (Å²) in [6, 6.07) is 2.78. The average Bonchev–Trinajstić information content (AvgIpc) is 3.50. The first-order valence-electron chi connectivity index (χ1n) is 10.3. The fraction of sp³-hybridized carbons (Fsp3) is 0.444. The molecule has 0 aromatic carbocycles. The minimum Gasteiger partial charge on any atom is -0.477 e. The fourth-order valence-electron chi connectivity index (χ4n) is 3.70. The van der Waals surface area contributed by atoms with Crippen molar-refractivity contribution in [2.45, 2.75) is 35.2 Å². The van der Waals surface area contributed by atoms with Crippen LogP contribution in [0, 0.1) is 0 Å². The van der Waals surface area contributed by atoms with E-state index in [1.54, 1.807) is 6.92 Å². The number of hydrogen-bond acceptors (Lipinski definition) is 11. The van der Waals surface area contributed by atoms with Gasteiger partial charge in [-0.3, -0.25) is 19.1 Å². The molecule has 2 amide bonds. The van der Waals surface area contributed by atoms with E-state index in [4.69, 9.17) is 4.52 Å². The Morgan fingerprint density at radius 1 is 1.49 bits per heavy atom. The van der Waals surface area contributed by atoms with Crippen LogP contribution in [0.2, 0.25) is 0 Å². The zero-order valence-corrected chi connectivity index (χ0v) is 21.5. The highest BCUT2D eigenvalue weighted by Gasteiger charge is 2.55. The van der Waals surface area contributed by atoms with Gasteiger partial charge in [-0.05, 0) is 29.2 Å². The molecule has 0 bridgehead atoms. The Morgan fingerprint density at radius 2 is 2.29 bits per heavy atom. The van der Waals surface area contributed by atoms with Gasteiger partial charge < -0.3 is 19.8 Å². The average molecular weight is 561 g/mol. The van der Waals surface area contributed by atoms with E-state index in [2.05, 4.69) is 25.9 Å². The number of thioether (sulfide) groups is 2. The Morgan fingerprint density at radius 3 is 2.91 bits per heavy atom. The van der Waals surface area contributed by atoms with Crippen LogP contribution in [0.25, 0.3) is 0 Å². The Labute approximate surface area is 211 Å². The zero-order chi connectivity index (χ0) is 25.2. The maximum atomic E-state index is 12.9. The summed E-state index contributed by atoms with van der Waals surface area (Å²) in [6.45, 7) is 1.56. The number of fused-ring (bicyclic) bond motifs is 1. The van der Waals surface area contributed by atoms with Crippen molar-refractivity contribution in [3.05, 3.63) is 33.7 Å². The maximum Gasteiger partial charge on any atom is 0.352 e. The number of carboxylic acid groups (broad SMARTS) is 1. The molecule has 2 unspecified atom stereocenters. The molecule has 188 valence electrons. The molecule has 4 N–H and O–H groups in total. The van der Waals surface area contributed by atoms with Gasteiger partial charge in [0.25, 0.3) is 5.91 Å². The van der Waals surface area contributed by atoms with Gasteiger partial charge in [0.2, 0.25) is 11.1 Å². The van der Waals surface area contributed by atoms with Gasteiger partial charge in [0.15, 0.2) is 0 Å². The van der Waals surface area contributed by atoms with Crippen LogP contribution < -0.4 is 5.32 Å². The first-order valence-corrected chi connectivity index (χ1v) is 14.9. The second-order valence-corrected chi connectivity index (χ2v) is 12.6. The molecule has 2 aromatic rings. The predicted molar refractivity (Wildman–Crippen MR) is 128 cm³/mol. The first kappa shape index (κ1) is 25.9. The Balaban J connectivity index is 1.57. The molecule has 0 radical (unpaired) electrons. The summed E-state index contributed by atoms with van der Waals surface area (Å²) < 4.78 is 17.5. The topological polar surface area (TPSA) is 188 Å². The molecule has 4 atom stereocenters. The van der Waals surface area contributed by atoms with Crippen molar-refractivity contribution in [3.8, 4) is 0 Å². The van der Waals surface area contributed by atoms with Crippen molar-refractivity contribution in [3.63, 3.8) is 0 Å². The summed E-state index contributed by atoms with van der Waals surface area (Å²) in [4.78, 5) is 49.8. The highest BCUT2D eigenvalue weighted by atomic mass is 32.2. The summed E-state index contributed by atoms with van der Waals surface area (Å²) in [7, 11) is -4.08. The van der Waals surface area contributed by atoms with E-state index in [0.29, 0.717) is 0 Å². The van der Waals surface area contributed by atoms with Gasteiger partial charge in [-0.1, -0.05) is 17.8 Å². The number of nitrogens with zero attached hydrogens (tertiary/aromatic N) is 4. The fourth-order valence-corrected chi connectivity index (χ4v) is 8.72. The third-order valence-electron chi connectivity index (χ3n) is 5.12. The third kappa shape index (κ3) is 5.78. The number of rotatable bonds is 11. The van der Waals surface area contributed by atoms with Gasteiger partial charge in [0.05, 0.1) is 19.2 Å². The monoisotopic (exact) mass is 560 g/mol. The molecule has 17 heteroatoms. The SMILES string of the molecule is CCOP(=O)(O)CC(Sc1nn[nH]n1)C1=C(C(=O)O)N2C(=O)[C@@H](NC(=O)Cc3cccs3)[C@@H]2SC1. The molecule has 4 heterocycles. The van der Waals surface area contributed by atoms with Gasteiger partial charge in [-0.15, -0.1) is 33.3 Å². The minimum atomic E-state index is -4.08. The zero-order valence-electron chi connectivity index (χ0n) is 18.2. The molecule has 35 heavy (non-hydrogen) atoms. The second kappa shape index (κ2) is 10.8. The summed E-state index contributed by atoms with van der Waals surface area (Å²) in [6.07, 6.45) is -0.293. The molecule has 0 saturated carbocycles. The number of carboxylic acids is 1. The van der Waals surface area contributed by atoms with Crippen LogP contribution in [-0.2, 0) is 29.9 Å². The van der Waals surface area contributed by atoms with Crippen LogP contribution in [0.1, 0.15) is 11.8 Å². The largest absolute Gasteiger partial charge is 0.477 e. The van der Waals surface area contributed by atoms with Crippen molar-refractivity contribution < 1.29 is 33.5 Å². The quantitative estimate of drug-likeness (QED) is 0.173. The number of thiophene rings is 1. The van der Waals surface area contributed by atoms with E-state index < -0.39 is 42.3 Å². The van der Waals surface area contributed by atoms with E-state index in [1.165, 1.54) is 23.1 Å². The van der Waals surface area contributed by atoms with Crippen molar-refractivity contribution in [1.82, 2.24) is 30.8 Å². The van der Waals surface area contributed by atoms with Crippen molar-refractivity contribution in [1.29, 1.82) is 0 Å². The summed E-state index contributed by atoms with van der Waals surface area (Å²) >= 11 is 3.64. The number of nitrogens with one attached hydrogen (secondary N) is 2. The van der Waals surface area contributed by atoms with Crippen LogP contribution in [0.5, 0.6) is 0 Å². The van der Waals surface area contributed by atoms with Gasteiger partial charge in [-0.2, -0.15) is 5.21 Å². The lowest BCUT2D eigenvalue weighted by atomic mass is 10.0. The lowest BCUT2D eigenvalue weighted by molar-refractivity contribution is -0.150. The number of carbonyl (C=O) groups excluding carboxylic acids is 2. The smallest absolute Gasteiger partial charge is 0.352 e. The molecule has 0 spiro atoms. The molecule has 0 aliphatic carbocycles. The number of aliphatic carboxylic acids is 1. The van der Waals surface area contributed by atoms with Crippen LogP contribution in [-0.4, -0.2) is 88.5 Å². The Kier molecular flexibility index (Phi) is 7.98. The van der Waals surface area contributed by atoms with Gasteiger partial charge in [0.1, 0.15) is 17.1 Å². The van der Waals surface area contributed by atoms with Crippen molar-refractivity contribution >= 4 is 60.2 Å². The lowest BCUT2D eigenvalue weighted by Gasteiger charge is -2.50. The lowest BCUT2D eigenvalue weighted by Crippen LogP contribution is -2.70. The molecule has 2 aromatic heterocycles. The number of hydrogen-bond donors (Lipinski definition) is 4. The summed E-state index contributed by atoms with van der Waals surface area (Å²) in [5.74, 6) is -2.10. The molecule has 1 saturated heterocycles. The minimum absolute atomic E-state index is 0.00745. The van der Waals surface area contributed by atoms with Crippen LogP contribution in [0.3, 0.4) is 0 Å². The molecule has 2 aliphatic heterocycles. The molecular weight excluding hydrogens is 539 g/mol. The molecular formula is C18H21N6O7PS3. The van der Waals surface area contributed by atoms with E-state index in [9.17, 15) is 28.9 Å². The number of tetrazole rings is 1. The van der Waals surface area contributed by atoms with Gasteiger partial charge in [-0.25, -0.2) is 4.79 Å². The van der Waals surface area contributed by atoms with Crippen LogP contribution in [0.15, 0.2) is 33.9 Å². The number of aromatic nitrogens is 4. The van der Waals surface area contributed by atoms with E-state index in [0.717, 1.165) is 21.5 Å². The number of H-pyrrole nitrogens is 1. The molecule has 2 aliphatic rings. The van der Waals surface area contributed by atoms with Crippen molar-refractivity contribution in [2.24, 2.45) is 0 Å². The number of amides is 2. The van der Waals surface area contributed by atoms with Gasteiger partial charge >= 0.3 is 13.6 Å². The highest BCUT2D eigenvalue weighted by Crippen LogP contribution is 2.50. The number of β-lactam (4-membered cyclic amide) rings is 1. The summed E-state index contributed by atoms with van der Waals surface area (Å²) in [5, 5.41) is 26.6. The van der Waals surface area contributed by atoms with Crippen LogP contribution >= 0.6 is 42.5 Å². The summed E-state index contributed by atoms with van der Waals surface area (Å²) in [5.41, 5.74) is -0.0146. The Hall–Kier alpha value is -2.23. The predicted octanol–water partition coefficient (Wildman–Crippen LogP) is 0.925. The van der Waals surface area contributed by atoms with E-state index in [1.807, 2.05) is 17.5 Å². The van der Waals surface area contributed by atoms with E-state index in [-0.39, 0.29) is 41.1 Å². The number of carbonyl (C=O) groups is 3. The first-order chi connectivity index (χ1) is 16.7. The maximum absolute atomic E-state index is 12.9. The second-order valence-electron chi connectivity index (χ2n) is 7.43. The normalized spacial score (nSPS) is 22.2. The Bertz CT molecular complexity index is 1180. The molecule has 4 rings (SSSR count). The standard InChI is InChI=1S/C18H21N6O7PS3/c1-2-31-32(29,30)7-11(35-18-20-22-23-21-18)10-8-34-16-13(15(26)24(16)14(10)17(27)28)19-12(25)6-9-4-3-5-33-9/h3-5,11,13,16H,2,6-8H2,1H3,(H,19,25)(H,27,28)(H,29,30)(H,20,21,22,23)/t11?,13-,16+/m1/s1. The van der Waals surface area contributed by atoms with Crippen molar-refractivity contribution in [2.75, 3.05) is 18.5 Å². The van der Waals surface area contributed by atoms with Gasteiger partial charge in [0, 0.05) is 15.9 Å². The molecule has 1 fully saturated rings. The van der Waals surface area contributed by atoms with Crippen LogP contribution in [0.4, 0.5) is 0 Å². The number of aromatic amines is 1. The third-order valence-corrected chi connectivity index (χ3v) is 10.2.